The van der Waals surface area contributed by atoms with Crippen LogP contribution in [0.5, 0.6) is 0 Å². The Balaban J connectivity index is 1.66. The molecule has 0 aliphatic heterocycles. The number of carbonyl (C=O) groups excluding carboxylic acids is 1. The number of carbonyl (C=O) groups is 1. The quantitative estimate of drug-likeness (QED) is 0.799. The second-order valence-corrected chi connectivity index (χ2v) is 5.01. The highest BCUT2D eigenvalue weighted by molar-refractivity contribution is 5.86. The van der Waals surface area contributed by atoms with Crippen molar-refractivity contribution in [2.45, 2.75) is 19.9 Å². The average molecular weight is 280 g/mol. The first-order chi connectivity index (χ1) is 10.2. The Morgan fingerprint density at radius 3 is 2.76 bits per heavy atom. The molecule has 0 spiro atoms. The third-order valence-corrected chi connectivity index (χ3v) is 3.52. The zero-order chi connectivity index (χ0) is 14.7. The lowest BCUT2D eigenvalue weighted by Crippen LogP contribution is -2.25. The van der Waals surface area contributed by atoms with E-state index in [0.29, 0.717) is 17.8 Å². The van der Waals surface area contributed by atoms with Crippen LogP contribution in [0.1, 0.15) is 16.8 Å². The van der Waals surface area contributed by atoms with Crippen molar-refractivity contribution in [3.05, 3.63) is 65.4 Å². The van der Waals surface area contributed by atoms with Crippen molar-refractivity contribution in [2.75, 3.05) is 0 Å². The molecule has 1 N–H and O–H groups in total. The van der Waals surface area contributed by atoms with Gasteiger partial charge in [0.25, 0.3) is 0 Å². The molecule has 0 bridgehead atoms. The monoisotopic (exact) mass is 280 g/mol. The van der Waals surface area contributed by atoms with E-state index in [4.69, 9.17) is 4.52 Å². The van der Waals surface area contributed by atoms with Gasteiger partial charge in [-0.25, -0.2) is 0 Å². The standard InChI is InChI=1S/C17H16N2O2/c1-12-6-2-3-7-13(12)11-18-17(20)10-15-14-8-4-5-9-16(14)21-19-15/h2-9H,10-11H2,1H3,(H,18,20). The number of rotatable bonds is 4. The Hall–Kier alpha value is -2.62. The highest BCUT2D eigenvalue weighted by atomic mass is 16.5. The molecule has 0 aliphatic rings. The van der Waals surface area contributed by atoms with Gasteiger partial charge in [-0.3, -0.25) is 4.79 Å². The van der Waals surface area contributed by atoms with Gasteiger partial charge in [-0.1, -0.05) is 41.6 Å². The molecule has 1 amide bonds. The van der Waals surface area contributed by atoms with Crippen LogP contribution >= 0.6 is 0 Å². The highest BCUT2D eigenvalue weighted by Gasteiger charge is 2.11. The second-order valence-electron chi connectivity index (χ2n) is 5.01. The zero-order valence-electron chi connectivity index (χ0n) is 11.8. The van der Waals surface area contributed by atoms with Crippen LogP contribution in [0.25, 0.3) is 11.0 Å². The fourth-order valence-electron chi connectivity index (χ4n) is 2.28. The van der Waals surface area contributed by atoms with E-state index in [1.807, 2.05) is 55.5 Å². The fourth-order valence-corrected chi connectivity index (χ4v) is 2.28. The topological polar surface area (TPSA) is 55.1 Å². The molecule has 0 fully saturated rings. The maximum atomic E-state index is 12.0. The maximum Gasteiger partial charge on any atom is 0.226 e. The van der Waals surface area contributed by atoms with Crippen LogP contribution in [-0.4, -0.2) is 11.1 Å². The first-order valence-corrected chi connectivity index (χ1v) is 6.88. The minimum atomic E-state index is -0.0580. The smallest absolute Gasteiger partial charge is 0.226 e. The maximum absolute atomic E-state index is 12.0. The van der Waals surface area contributed by atoms with Gasteiger partial charge >= 0.3 is 0 Å². The van der Waals surface area contributed by atoms with Crippen LogP contribution in [0.15, 0.2) is 53.1 Å². The van der Waals surface area contributed by atoms with E-state index in [1.54, 1.807) is 0 Å². The molecule has 1 heterocycles. The summed E-state index contributed by atoms with van der Waals surface area (Å²) in [6, 6.07) is 15.6. The van der Waals surface area contributed by atoms with Crippen molar-refractivity contribution in [3.8, 4) is 0 Å². The first-order valence-electron chi connectivity index (χ1n) is 6.88. The van der Waals surface area contributed by atoms with Crippen LogP contribution in [0.4, 0.5) is 0 Å². The lowest BCUT2D eigenvalue weighted by molar-refractivity contribution is -0.120. The van der Waals surface area contributed by atoms with Gasteiger partial charge in [-0.15, -0.1) is 0 Å². The number of hydrogen-bond donors (Lipinski definition) is 1. The van der Waals surface area contributed by atoms with E-state index < -0.39 is 0 Å². The number of nitrogens with one attached hydrogen (secondary N) is 1. The molecule has 1 aromatic heterocycles. The molecule has 3 rings (SSSR count). The summed E-state index contributed by atoms with van der Waals surface area (Å²) in [6.07, 6.45) is 0.225. The predicted molar refractivity (Wildman–Crippen MR) is 80.7 cm³/mol. The highest BCUT2D eigenvalue weighted by Crippen LogP contribution is 2.18. The van der Waals surface area contributed by atoms with Gasteiger partial charge in [0, 0.05) is 11.9 Å². The summed E-state index contributed by atoms with van der Waals surface area (Å²) in [7, 11) is 0. The summed E-state index contributed by atoms with van der Waals surface area (Å²) in [5.74, 6) is -0.0580. The molecular weight excluding hydrogens is 264 g/mol. The lowest BCUT2D eigenvalue weighted by atomic mass is 10.1. The molecule has 0 aliphatic carbocycles. The molecule has 4 nitrogen and oxygen atoms in total. The third kappa shape index (κ3) is 2.94. The van der Waals surface area contributed by atoms with Crippen molar-refractivity contribution in [1.29, 1.82) is 0 Å². The van der Waals surface area contributed by atoms with Crippen LogP contribution in [0.2, 0.25) is 0 Å². The van der Waals surface area contributed by atoms with E-state index in [0.717, 1.165) is 10.9 Å². The SMILES string of the molecule is Cc1ccccc1CNC(=O)Cc1noc2ccccc12. The number of hydrogen-bond acceptors (Lipinski definition) is 3. The summed E-state index contributed by atoms with van der Waals surface area (Å²) in [6.45, 7) is 2.56. The lowest BCUT2D eigenvalue weighted by Gasteiger charge is -2.07. The van der Waals surface area contributed by atoms with Crippen LogP contribution in [-0.2, 0) is 17.8 Å². The van der Waals surface area contributed by atoms with Gasteiger partial charge < -0.3 is 9.84 Å². The van der Waals surface area contributed by atoms with Crippen molar-refractivity contribution in [1.82, 2.24) is 10.5 Å². The van der Waals surface area contributed by atoms with Crippen molar-refractivity contribution < 1.29 is 9.32 Å². The summed E-state index contributed by atoms with van der Waals surface area (Å²) in [5, 5.41) is 7.79. The Morgan fingerprint density at radius 1 is 1.14 bits per heavy atom. The van der Waals surface area contributed by atoms with Gasteiger partial charge in [0.05, 0.1) is 6.42 Å². The number of amides is 1. The summed E-state index contributed by atoms with van der Waals surface area (Å²) in [5.41, 5.74) is 3.67. The molecule has 106 valence electrons. The van der Waals surface area contributed by atoms with Gasteiger partial charge in [0.15, 0.2) is 5.58 Å². The van der Waals surface area contributed by atoms with Gasteiger partial charge in [-0.05, 0) is 30.2 Å². The number of para-hydroxylation sites is 1. The summed E-state index contributed by atoms with van der Waals surface area (Å²) < 4.78 is 5.20. The van der Waals surface area contributed by atoms with Crippen LogP contribution < -0.4 is 5.32 Å². The number of nitrogens with zero attached hydrogens (tertiary/aromatic N) is 1. The van der Waals surface area contributed by atoms with Crippen molar-refractivity contribution in [3.63, 3.8) is 0 Å². The Bertz CT molecular complexity index is 777. The fraction of sp³-hybridized carbons (Fsp3) is 0.176. The zero-order valence-corrected chi connectivity index (χ0v) is 11.8. The van der Waals surface area contributed by atoms with Gasteiger partial charge in [0.2, 0.25) is 5.91 Å². The van der Waals surface area contributed by atoms with Gasteiger partial charge in [0.1, 0.15) is 5.69 Å². The van der Waals surface area contributed by atoms with E-state index in [-0.39, 0.29) is 12.3 Å². The Labute approximate surface area is 122 Å². The number of aryl methyl sites for hydroxylation is 1. The van der Waals surface area contributed by atoms with E-state index in [2.05, 4.69) is 10.5 Å². The molecule has 0 atom stereocenters. The van der Waals surface area contributed by atoms with Crippen molar-refractivity contribution in [2.24, 2.45) is 0 Å². The Morgan fingerprint density at radius 2 is 1.90 bits per heavy atom. The molecule has 21 heavy (non-hydrogen) atoms. The molecule has 4 heteroatoms. The minimum absolute atomic E-state index is 0.0580. The van der Waals surface area contributed by atoms with E-state index in [9.17, 15) is 4.79 Å². The van der Waals surface area contributed by atoms with E-state index >= 15 is 0 Å². The first kappa shape index (κ1) is 13.4. The Kier molecular flexibility index (Phi) is 3.69. The molecule has 0 saturated heterocycles. The molecule has 3 aromatic rings. The largest absolute Gasteiger partial charge is 0.356 e. The molecular formula is C17H16N2O2. The second kappa shape index (κ2) is 5.79. The van der Waals surface area contributed by atoms with Gasteiger partial charge in [-0.2, -0.15) is 0 Å². The number of aromatic nitrogens is 1. The van der Waals surface area contributed by atoms with Crippen molar-refractivity contribution >= 4 is 16.9 Å². The van der Waals surface area contributed by atoms with Crippen LogP contribution in [0.3, 0.4) is 0 Å². The molecule has 0 saturated carbocycles. The number of fused-ring (bicyclic) bond motifs is 1. The summed E-state index contributed by atoms with van der Waals surface area (Å²) in [4.78, 5) is 12.0. The minimum Gasteiger partial charge on any atom is -0.356 e. The normalized spacial score (nSPS) is 10.7. The van der Waals surface area contributed by atoms with Crippen LogP contribution in [0, 0.1) is 6.92 Å². The number of benzene rings is 2. The summed E-state index contributed by atoms with van der Waals surface area (Å²) >= 11 is 0. The average Bonchev–Trinajstić information content (AvgIpc) is 2.90. The third-order valence-electron chi connectivity index (χ3n) is 3.52. The molecule has 2 aromatic carbocycles. The molecule has 0 radical (unpaired) electrons. The predicted octanol–water partition coefficient (Wildman–Crippen LogP) is 3.00. The van der Waals surface area contributed by atoms with E-state index in [1.165, 1.54) is 5.56 Å². The molecule has 0 unspecified atom stereocenters.